The Bertz CT molecular complexity index is 1080. The van der Waals surface area contributed by atoms with E-state index in [1.54, 1.807) is 12.1 Å². The van der Waals surface area contributed by atoms with Gasteiger partial charge in [0.05, 0.1) is 12.3 Å². The quantitative estimate of drug-likeness (QED) is 0.522. The molecule has 0 unspecified atom stereocenters. The Morgan fingerprint density at radius 2 is 1.74 bits per heavy atom. The summed E-state index contributed by atoms with van der Waals surface area (Å²) < 4.78 is 1.91. The molecule has 2 aromatic carbocycles. The molecule has 0 saturated carbocycles. The Hall–Kier alpha value is -3.13. The van der Waals surface area contributed by atoms with Crippen LogP contribution in [-0.2, 0) is 17.9 Å². The maximum Gasteiger partial charge on any atom is 0.251 e. The molecule has 162 valence electrons. The van der Waals surface area contributed by atoms with Gasteiger partial charge in [0.15, 0.2) is 11.0 Å². The first-order valence-electron chi connectivity index (χ1n) is 10.1. The Balaban J connectivity index is 1.56. The minimum Gasteiger partial charge on any atom is -0.345 e. The molecule has 0 saturated heterocycles. The Morgan fingerprint density at radius 3 is 2.42 bits per heavy atom. The molecular weight excluding hydrogens is 410 g/mol. The van der Waals surface area contributed by atoms with Crippen molar-refractivity contribution in [1.82, 2.24) is 20.1 Å². The lowest BCUT2D eigenvalue weighted by atomic mass is 10.1. The maximum absolute atomic E-state index is 12.3. The van der Waals surface area contributed by atoms with Crippen molar-refractivity contribution in [2.45, 2.75) is 45.9 Å². The molecule has 0 atom stereocenters. The first-order valence-corrected chi connectivity index (χ1v) is 11.1. The number of hydrogen-bond acceptors (Lipinski definition) is 5. The molecule has 7 nitrogen and oxygen atoms in total. The van der Waals surface area contributed by atoms with Gasteiger partial charge in [0.2, 0.25) is 5.91 Å². The van der Waals surface area contributed by atoms with Gasteiger partial charge < -0.3 is 15.2 Å². The number of anilines is 1. The van der Waals surface area contributed by atoms with Crippen molar-refractivity contribution < 1.29 is 9.59 Å². The van der Waals surface area contributed by atoms with Crippen LogP contribution in [0, 0.1) is 20.8 Å². The fourth-order valence-electron chi connectivity index (χ4n) is 2.99. The highest BCUT2D eigenvalue weighted by Gasteiger charge is 2.14. The van der Waals surface area contributed by atoms with E-state index < -0.39 is 0 Å². The fraction of sp³-hybridized carbons (Fsp3) is 0.304. The molecule has 0 aliphatic rings. The zero-order valence-electron chi connectivity index (χ0n) is 18.2. The number of rotatable bonds is 8. The summed E-state index contributed by atoms with van der Waals surface area (Å²) in [4.78, 5) is 24.7. The summed E-state index contributed by atoms with van der Waals surface area (Å²) in [6.07, 6.45) is 0. The van der Waals surface area contributed by atoms with Crippen LogP contribution in [0.5, 0.6) is 0 Å². The predicted molar refractivity (Wildman–Crippen MR) is 123 cm³/mol. The summed E-state index contributed by atoms with van der Waals surface area (Å²) in [6, 6.07) is 13.2. The molecule has 0 spiro atoms. The molecule has 2 N–H and O–H groups in total. The Morgan fingerprint density at radius 1 is 1.00 bits per heavy atom. The van der Waals surface area contributed by atoms with Gasteiger partial charge in [0, 0.05) is 17.8 Å². The van der Waals surface area contributed by atoms with Crippen molar-refractivity contribution in [3.05, 3.63) is 70.5 Å². The molecule has 0 radical (unpaired) electrons. The van der Waals surface area contributed by atoms with E-state index in [0.29, 0.717) is 23.1 Å². The van der Waals surface area contributed by atoms with Gasteiger partial charge in [0.1, 0.15) is 0 Å². The third-order valence-electron chi connectivity index (χ3n) is 4.95. The topological polar surface area (TPSA) is 88.9 Å². The lowest BCUT2D eigenvalue weighted by molar-refractivity contribution is -0.113. The van der Waals surface area contributed by atoms with Gasteiger partial charge in [-0.15, -0.1) is 10.2 Å². The SMILES string of the molecule is CCn1c(CNC(=O)c2ccc(C)cc2)nnc1SCC(=O)Nc1ccc(C)c(C)c1. The van der Waals surface area contributed by atoms with Gasteiger partial charge in [-0.2, -0.15) is 0 Å². The first-order chi connectivity index (χ1) is 14.9. The Labute approximate surface area is 186 Å². The van der Waals surface area contributed by atoms with Crippen LogP contribution in [0.4, 0.5) is 5.69 Å². The average molecular weight is 438 g/mol. The summed E-state index contributed by atoms with van der Waals surface area (Å²) >= 11 is 1.32. The summed E-state index contributed by atoms with van der Waals surface area (Å²) in [5.41, 5.74) is 4.81. The molecule has 8 heteroatoms. The molecule has 2 amide bonds. The highest BCUT2D eigenvalue weighted by atomic mass is 32.2. The van der Waals surface area contributed by atoms with Crippen LogP contribution in [0.2, 0.25) is 0 Å². The maximum atomic E-state index is 12.3. The second kappa shape index (κ2) is 10.3. The fourth-order valence-corrected chi connectivity index (χ4v) is 3.81. The van der Waals surface area contributed by atoms with Gasteiger partial charge in [-0.1, -0.05) is 35.5 Å². The van der Waals surface area contributed by atoms with E-state index >= 15 is 0 Å². The van der Waals surface area contributed by atoms with Crippen LogP contribution >= 0.6 is 11.8 Å². The molecule has 0 aliphatic heterocycles. The molecule has 1 aromatic heterocycles. The number of nitrogens with zero attached hydrogens (tertiary/aromatic N) is 3. The first kappa shape index (κ1) is 22.6. The summed E-state index contributed by atoms with van der Waals surface area (Å²) in [7, 11) is 0. The van der Waals surface area contributed by atoms with Crippen LogP contribution in [-0.4, -0.2) is 32.3 Å². The highest BCUT2D eigenvalue weighted by molar-refractivity contribution is 7.99. The van der Waals surface area contributed by atoms with E-state index in [4.69, 9.17) is 0 Å². The number of nitrogens with one attached hydrogen (secondary N) is 2. The number of aryl methyl sites for hydroxylation is 3. The molecular formula is C23H27N5O2S. The summed E-state index contributed by atoms with van der Waals surface area (Å²) in [5, 5.41) is 14.8. The van der Waals surface area contributed by atoms with Gasteiger partial charge >= 0.3 is 0 Å². The van der Waals surface area contributed by atoms with Gasteiger partial charge in [-0.3, -0.25) is 9.59 Å². The molecule has 0 fully saturated rings. The van der Waals surface area contributed by atoms with E-state index in [0.717, 1.165) is 16.8 Å². The molecule has 3 rings (SSSR count). The number of hydrogen-bond donors (Lipinski definition) is 2. The van der Waals surface area contributed by atoms with Crippen LogP contribution in [0.3, 0.4) is 0 Å². The number of benzene rings is 2. The molecule has 1 heterocycles. The second-order valence-corrected chi connectivity index (χ2v) is 8.27. The minimum atomic E-state index is -0.160. The zero-order valence-corrected chi connectivity index (χ0v) is 19.0. The normalized spacial score (nSPS) is 10.7. The van der Waals surface area contributed by atoms with Crippen molar-refractivity contribution in [3.63, 3.8) is 0 Å². The molecule has 3 aromatic rings. The number of carbonyl (C=O) groups excluding carboxylic acids is 2. The minimum absolute atomic E-state index is 0.104. The van der Waals surface area contributed by atoms with Crippen LogP contribution in [0.15, 0.2) is 47.6 Å². The lowest BCUT2D eigenvalue weighted by Gasteiger charge is -2.09. The largest absolute Gasteiger partial charge is 0.345 e. The average Bonchev–Trinajstić information content (AvgIpc) is 3.15. The number of amides is 2. The summed E-state index contributed by atoms with van der Waals surface area (Å²) in [6.45, 7) is 8.92. The third kappa shape index (κ3) is 5.95. The van der Waals surface area contributed by atoms with Gasteiger partial charge in [-0.05, 0) is 63.1 Å². The van der Waals surface area contributed by atoms with Crippen molar-refractivity contribution in [3.8, 4) is 0 Å². The molecule has 0 bridgehead atoms. The van der Waals surface area contributed by atoms with Crippen molar-refractivity contribution >= 4 is 29.3 Å². The molecule has 0 aliphatic carbocycles. The van der Waals surface area contributed by atoms with E-state index in [2.05, 4.69) is 20.8 Å². The van der Waals surface area contributed by atoms with E-state index in [-0.39, 0.29) is 24.1 Å². The lowest BCUT2D eigenvalue weighted by Crippen LogP contribution is -2.24. The van der Waals surface area contributed by atoms with Crippen LogP contribution in [0.25, 0.3) is 0 Å². The number of thioether (sulfide) groups is 1. The molecule has 31 heavy (non-hydrogen) atoms. The monoisotopic (exact) mass is 437 g/mol. The predicted octanol–water partition coefficient (Wildman–Crippen LogP) is 3.88. The number of aromatic nitrogens is 3. The van der Waals surface area contributed by atoms with Crippen LogP contribution in [0.1, 0.15) is 39.8 Å². The van der Waals surface area contributed by atoms with Gasteiger partial charge in [0.25, 0.3) is 5.91 Å². The van der Waals surface area contributed by atoms with E-state index in [9.17, 15) is 9.59 Å². The smallest absolute Gasteiger partial charge is 0.251 e. The standard InChI is InChI=1S/C23H27N5O2S/c1-5-28-20(13-24-22(30)18-9-6-15(2)7-10-18)26-27-23(28)31-14-21(29)25-19-11-8-16(3)17(4)12-19/h6-12H,5,13-14H2,1-4H3,(H,24,30)(H,25,29). The second-order valence-electron chi connectivity index (χ2n) is 7.33. The summed E-state index contributed by atoms with van der Waals surface area (Å²) in [5.74, 6) is 0.613. The van der Waals surface area contributed by atoms with Crippen molar-refractivity contribution in [2.75, 3.05) is 11.1 Å². The van der Waals surface area contributed by atoms with Crippen molar-refractivity contribution in [2.24, 2.45) is 0 Å². The van der Waals surface area contributed by atoms with Crippen LogP contribution < -0.4 is 10.6 Å². The Kier molecular flexibility index (Phi) is 7.46. The number of carbonyl (C=O) groups is 2. The zero-order chi connectivity index (χ0) is 22.4. The van der Waals surface area contributed by atoms with Gasteiger partial charge in [-0.25, -0.2) is 0 Å². The highest BCUT2D eigenvalue weighted by Crippen LogP contribution is 2.19. The van der Waals surface area contributed by atoms with E-state index in [1.807, 2.05) is 62.6 Å². The van der Waals surface area contributed by atoms with E-state index in [1.165, 1.54) is 17.3 Å². The third-order valence-corrected chi connectivity index (χ3v) is 5.92. The van der Waals surface area contributed by atoms with Crippen molar-refractivity contribution in [1.29, 1.82) is 0 Å².